The van der Waals surface area contributed by atoms with Crippen molar-refractivity contribution in [1.82, 2.24) is 9.97 Å². The van der Waals surface area contributed by atoms with Gasteiger partial charge < -0.3 is 14.8 Å². The molecule has 19 heavy (non-hydrogen) atoms. The van der Waals surface area contributed by atoms with Gasteiger partial charge in [-0.3, -0.25) is 0 Å². The fourth-order valence-corrected chi connectivity index (χ4v) is 2.34. The summed E-state index contributed by atoms with van der Waals surface area (Å²) in [6.45, 7) is 6.24. The molecule has 1 unspecified atom stereocenters. The van der Waals surface area contributed by atoms with Crippen LogP contribution in [0.1, 0.15) is 44.6 Å². The minimum atomic E-state index is -0.369. The van der Waals surface area contributed by atoms with Crippen LogP contribution in [0.5, 0.6) is 0 Å². The van der Waals surface area contributed by atoms with E-state index in [0.717, 1.165) is 49.8 Å². The molecule has 2 heterocycles. The van der Waals surface area contributed by atoms with Crippen molar-refractivity contribution < 1.29 is 9.47 Å². The molecule has 5 nitrogen and oxygen atoms in total. The molecule has 0 aromatic carbocycles. The van der Waals surface area contributed by atoms with Crippen LogP contribution in [0.2, 0.25) is 0 Å². The summed E-state index contributed by atoms with van der Waals surface area (Å²) in [5.41, 5.74) is 0.519. The zero-order valence-electron chi connectivity index (χ0n) is 12.0. The van der Waals surface area contributed by atoms with Crippen LogP contribution in [0.15, 0.2) is 6.07 Å². The summed E-state index contributed by atoms with van der Waals surface area (Å²) in [5, 5.41) is 3.24. The molecule has 1 saturated heterocycles. The zero-order chi connectivity index (χ0) is 13.7. The van der Waals surface area contributed by atoms with Gasteiger partial charge in [-0.15, -0.1) is 0 Å². The zero-order valence-corrected chi connectivity index (χ0v) is 12.0. The molecule has 1 aromatic heterocycles. The minimum Gasteiger partial charge on any atom is -0.378 e. The molecule has 0 bridgehead atoms. The molecule has 2 rings (SSSR count). The number of nitrogens with zero attached hydrogens (tertiary/aromatic N) is 2. The van der Waals surface area contributed by atoms with E-state index in [1.807, 2.05) is 6.07 Å². The van der Waals surface area contributed by atoms with Crippen molar-refractivity contribution in [2.45, 2.75) is 45.3 Å². The van der Waals surface area contributed by atoms with E-state index in [2.05, 4.69) is 29.1 Å². The van der Waals surface area contributed by atoms with Crippen molar-refractivity contribution in [1.29, 1.82) is 0 Å². The highest BCUT2D eigenvalue weighted by atomic mass is 16.5. The van der Waals surface area contributed by atoms with Gasteiger partial charge in [0.05, 0.1) is 12.3 Å². The second-order valence-electron chi connectivity index (χ2n) is 5.07. The van der Waals surface area contributed by atoms with Crippen LogP contribution in [-0.4, -0.2) is 30.2 Å². The first-order valence-corrected chi connectivity index (χ1v) is 6.93. The van der Waals surface area contributed by atoms with Gasteiger partial charge >= 0.3 is 0 Å². The maximum atomic E-state index is 5.92. The lowest BCUT2D eigenvalue weighted by Crippen LogP contribution is -2.33. The molecule has 0 saturated carbocycles. The quantitative estimate of drug-likeness (QED) is 0.886. The molecule has 1 N–H and O–H groups in total. The molecule has 1 aromatic rings. The molecule has 1 fully saturated rings. The molecule has 1 aliphatic rings. The van der Waals surface area contributed by atoms with E-state index in [9.17, 15) is 0 Å². The Labute approximate surface area is 114 Å². The number of nitrogens with one attached hydrogen (secondary N) is 1. The van der Waals surface area contributed by atoms with E-state index >= 15 is 0 Å². The van der Waals surface area contributed by atoms with E-state index in [1.165, 1.54) is 0 Å². The third-order valence-electron chi connectivity index (χ3n) is 3.37. The minimum absolute atomic E-state index is 0.369. The van der Waals surface area contributed by atoms with Crippen LogP contribution < -0.4 is 5.32 Å². The largest absolute Gasteiger partial charge is 0.378 e. The summed E-state index contributed by atoms with van der Waals surface area (Å²) in [6, 6.07) is 1.93. The van der Waals surface area contributed by atoms with Crippen molar-refractivity contribution >= 4 is 5.82 Å². The van der Waals surface area contributed by atoms with Gasteiger partial charge in [-0.05, 0) is 33.1 Å². The number of aromatic nitrogens is 2. The molecule has 106 valence electrons. The lowest BCUT2D eigenvalue weighted by Gasteiger charge is -2.32. The predicted molar refractivity (Wildman–Crippen MR) is 74.1 cm³/mol. The normalized spacial score (nSPS) is 23.3. The summed E-state index contributed by atoms with van der Waals surface area (Å²) in [7, 11) is 1.67. The first-order valence-electron chi connectivity index (χ1n) is 6.93. The van der Waals surface area contributed by atoms with Crippen LogP contribution in [0.4, 0.5) is 5.82 Å². The molecule has 0 aliphatic carbocycles. The summed E-state index contributed by atoms with van der Waals surface area (Å²) < 4.78 is 11.1. The van der Waals surface area contributed by atoms with Crippen molar-refractivity contribution in [3.05, 3.63) is 17.6 Å². The fourth-order valence-electron chi connectivity index (χ4n) is 2.34. The van der Waals surface area contributed by atoms with E-state index in [-0.39, 0.29) is 5.60 Å². The summed E-state index contributed by atoms with van der Waals surface area (Å²) in [6.07, 6.45) is 3.24. The van der Waals surface area contributed by atoms with Crippen molar-refractivity contribution in [2.75, 3.05) is 25.6 Å². The van der Waals surface area contributed by atoms with E-state index in [1.54, 1.807) is 7.11 Å². The van der Waals surface area contributed by atoms with Gasteiger partial charge in [0.1, 0.15) is 11.4 Å². The first kappa shape index (κ1) is 14.2. The third-order valence-corrected chi connectivity index (χ3v) is 3.37. The van der Waals surface area contributed by atoms with E-state index < -0.39 is 0 Å². The Morgan fingerprint density at radius 1 is 1.42 bits per heavy atom. The van der Waals surface area contributed by atoms with Gasteiger partial charge in [0.2, 0.25) is 0 Å². The van der Waals surface area contributed by atoms with Crippen LogP contribution >= 0.6 is 0 Å². The molecule has 1 aliphatic heterocycles. The first-order chi connectivity index (χ1) is 9.18. The van der Waals surface area contributed by atoms with Gasteiger partial charge in [-0.25, -0.2) is 9.97 Å². The van der Waals surface area contributed by atoms with Crippen molar-refractivity contribution in [3.63, 3.8) is 0 Å². The topological polar surface area (TPSA) is 56.3 Å². The van der Waals surface area contributed by atoms with Crippen molar-refractivity contribution in [3.8, 4) is 0 Å². The maximum Gasteiger partial charge on any atom is 0.162 e. The van der Waals surface area contributed by atoms with E-state index in [4.69, 9.17) is 9.47 Å². The van der Waals surface area contributed by atoms with Gasteiger partial charge in [-0.1, -0.05) is 0 Å². The molecule has 1 atom stereocenters. The smallest absolute Gasteiger partial charge is 0.162 e. The van der Waals surface area contributed by atoms with Crippen LogP contribution in [0, 0.1) is 0 Å². The van der Waals surface area contributed by atoms with E-state index in [0.29, 0.717) is 6.61 Å². The average molecular weight is 265 g/mol. The highest BCUT2D eigenvalue weighted by Gasteiger charge is 2.33. The number of rotatable bonds is 5. The second kappa shape index (κ2) is 6.30. The predicted octanol–water partition coefficient (Wildman–Crippen LogP) is 2.47. The van der Waals surface area contributed by atoms with Gasteiger partial charge in [0.15, 0.2) is 5.82 Å². The number of hydrogen-bond donors (Lipinski definition) is 1. The molecular weight excluding hydrogens is 242 g/mol. The number of hydrogen-bond acceptors (Lipinski definition) is 5. The Hall–Kier alpha value is -1.20. The Morgan fingerprint density at radius 2 is 2.26 bits per heavy atom. The summed E-state index contributed by atoms with van der Waals surface area (Å²) >= 11 is 0. The maximum absolute atomic E-state index is 5.92. The highest BCUT2D eigenvalue weighted by Crippen LogP contribution is 2.33. The second-order valence-corrected chi connectivity index (χ2v) is 5.07. The number of ether oxygens (including phenoxy) is 2. The van der Waals surface area contributed by atoms with Crippen LogP contribution in [-0.2, 0) is 21.7 Å². The molecule has 0 spiro atoms. The Kier molecular flexibility index (Phi) is 4.71. The van der Waals surface area contributed by atoms with Gasteiger partial charge in [0, 0.05) is 26.3 Å². The monoisotopic (exact) mass is 265 g/mol. The van der Waals surface area contributed by atoms with Crippen LogP contribution in [0.25, 0.3) is 0 Å². The van der Waals surface area contributed by atoms with Gasteiger partial charge in [0.25, 0.3) is 0 Å². The van der Waals surface area contributed by atoms with Crippen molar-refractivity contribution in [2.24, 2.45) is 0 Å². The molecule has 0 radical (unpaired) electrons. The standard InChI is InChI=1S/C14H23N3O2/c1-4-15-12-9-11(10-18-3)16-13(17-12)14(2)7-5-6-8-19-14/h9H,4-8,10H2,1-3H3,(H,15,16,17). The lowest BCUT2D eigenvalue weighted by atomic mass is 9.95. The molecular formula is C14H23N3O2. The summed E-state index contributed by atoms with van der Waals surface area (Å²) in [5.74, 6) is 1.60. The average Bonchev–Trinajstić information content (AvgIpc) is 2.40. The Bertz CT molecular complexity index is 393. The highest BCUT2D eigenvalue weighted by molar-refractivity contribution is 5.36. The van der Waals surface area contributed by atoms with Gasteiger partial charge in [-0.2, -0.15) is 0 Å². The summed E-state index contributed by atoms with van der Waals surface area (Å²) in [4.78, 5) is 9.20. The SMILES string of the molecule is CCNc1cc(COC)nc(C2(C)CCCCO2)n1. The number of methoxy groups -OCH3 is 1. The Morgan fingerprint density at radius 3 is 2.89 bits per heavy atom. The fraction of sp³-hybridized carbons (Fsp3) is 0.714. The number of anilines is 1. The molecule has 5 heteroatoms. The molecule has 0 amide bonds. The Balaban J connectivity index is 2.31. The van der Waals surface area contributed by atoms with Crippen LogP contribution in [0.3, 0.4) is 0 Å². The lowest BCUT2D eigenvalue weighted by molar-refractivity contribution is -0.0762. The third kappa shape index (κ3) is 3.42.